The van der Waals surface area contributed by atoms with Crippen molar-refractivity contribution in [1.29, 1.82) is 0 Å². The van der Waals surface area contributed by atoms with Crippen LogP contribution in [0.15, 0.2) is 0 Å². The number of carbonyl (C=O) groups excluding carboxylic acids is 2. The summed E-state index contributed by atoms with van der Waals surface area (Å²) in [6.45, 7) is 3.02. The third kappa shape index (κ3) is 4.44. The lowest BCUT2D eigenvalue weighted by Gasteiger charge is -2.34. The average molecular weight is 300 g/mol. The molecule has 0 aromatic heterocycles. The van der Waals surface area contributed by atoms with Crippen LogP contribution in [-0.4, -0.2) is 63.5 Å². The monoisotopic (exact) mass is 300 g/mol. The third-order valence-corrected chi connectivity index (χ3v) is 3.66. The first-order valence-electron chi connectivity index (χ1n) is 6.86. The Kier molecular flexibility index (Phi) is 6.13. The molecule has 1 saturated heterocycles. The van der Waals surface area contributed by atoms with Crippen LogP contribution in [0.2, 0.25) is 0 Å². The zero-order valence-corrected chi connectivity index (χ0v) is 11.9. The van der Waals surface area contributed by atoms with Gasteiger partial charge < -0.3 is 19.9 Å². The van der Waals surface area contributed by atoms with Crippen LogP contribution in [-0.2, 0) is 9.59 Å². The number of piperidine rings is 1. The fourth-order valence-electron chi connectivity index (χ4n) is 2.38. The number of rotatable bonds is 5. The van der Waals surface area contributed by atoms with Gasteiger partial charge in [0.1, 0.15) is 12.3 Å². The van der Waals surface area contributed by atoms with Crippen LogP contribution in [0.3, 0.4) is 0 Å². The van der Waals surface area contributed by atoms with Gasteiger partial charge in [-0.1, -0.05) is 6.92 Å². The lowest BCUT2D eigenvalue weighted by atomic mass is 9.98. The van der Waals surface area contributed by atoms with E-state index in [9.17, 15) is 19.2 Å². The minimum Gasteiger partial charge on any atom is -0.464 e. The highest BCUT2D eigenvalue weighted by atomic mass is 16.4. The van der Waals surface area contributed by atoms with Gasteiger partial charge in [-0.3, -0.25) is 4.79 Å². The van der Waals surface area contributed by atoms with E-state index in [1.54, 1.807) is 0 Å². The van der Waals surface area contributed by atoms with Crippen LogP contribution in [0.25, 0.3) is 0 Å². The molecule has 0 aromatic rings. The summed E-state index contributed by atoms with van der Waals surface area (Å²) in [7, 11) is 0. The van der Waals surface area contributed by atoms with Gasteiger partial charge in [-0.05, 0) is 25.2 Å². The van der Waals surface area contributed by atoms with E-state index >= 15 is 0 Å². The van der Waals surface area contributed by atoms with Crippen molar-refractivity contribution in [3.05, 3.63) is 0 Å². The van der Waals surface area contributed by atoms with Gasteiger partial charge in [-0.2, -0.15) is 4.90 Å². The van der Waals surface area contributed by atoms with E-state index in [1.807, 2.05) is 0 Å². The minimum atomic E-state index is -1.71. The second-order valence-corrected chi connectivity index (χ2v) is 5.20. The van der Waals surface area contributed by atoms with Crippen molar-refractivity contribution in [1.82, 2.24) is 9.80 Å². The quantitative estimate of drug-likeness (QED) is 0.738. The largest absolute Gasteiger partial charge is 0.464 e. The van der Waals surface area contributed by atoms with Gasteiger partial charge in [0.15, 0.2) is 0 Å². The molecule has 2 N–H and O–H groups in total. The molecule has 1 atom stereocenters. The first-order valence-corrected chi connectivity index (χ1v) is 6.86. The number of hydrogen-bond acceptors (Lipinski definition) is 4. The summed E-state index contributed by atoms with van der Waals surface area (Å²) >= 11 is 0. The SMILES string of the molecule is CC1CCN(C(=O)[C@H](CCC=O)N(C(=O)O)C(=O)O)CC1. The summed E-state index contributed by atoms with van der Waals surface area (Å²) in [4.78, 5) is 46.6. The Bertz CT molecular complexity index is 403. The van der Waals surface area contributed by atoms with Crippen molar-refractivity contribution in [3.8, 4) is 0 Å². The van der Waals surface area contributed by atoms with Crippen molar-refractivity contribution in [2.75, 3.05) is 13.1 Å². The Morgan fingerprint density at radius 2 is 1.76 bits per heavy atom. The van der Waals surface area contributed by atoms with Gasteiger partial charge in [-0.25, -0.2) is 9.59 Å². The van der Waals surface area contributed by atoms with E-state index in [-0.39, 0.29) is 17.7 Å². The van der Waals surface area contributed by atoms with Gasteiger partial charge in [-0.15, -0.1) is 0 Å². The van der Waals surface area contributed by atoms with Crippen molar-refractivity contribution in [3.63, 3.8) is 0 Å². The molecule has 8 heteroatoms. The van der Waals surface area contributed by atoms with Gasteiger partial charge in [0, 0.05) is 19.5 Å². The summed E-state index contributed by atoms with van der Waals surface area (Å²) < 4.78 is 0. The fraction of sp³-hybridized carbons (Fsp3) is 0.692. The maximum atomic E-state index is 12.4. The second-order valence-electron chi connectivity index (χ2n) is 5.20. The Morgan fingerprint density at radius 3 is 2.19 bits per heavy atom. The summed E-state index contributed by atoms with van der Waals surface area (Å²) in [6.07, 6.45) is -1.49. The molecule has 0 bridgehead atoms. The number of aldehydes is 1. The average Bonchev–Trinajstić information content (AvgIpc) is 2.42. The number of nitrogens with zero attached hydrogens (tertiary/aromatic N) is 2. The molecule has 1 heterocycles. The van der Waals surface area contributed by atoms with E-state index in [1.165, 1.54) is 4.90 Å². The Labute approximate surface area is 122 Å². The van der Waals surface area contributed by atoms with Gasteiger partial charge >= 0.3 is 12.2 Å². The molecule has 0 aromatic carbocycles. The predicted octanol–water partition coefficient (Wildman–Crippen LogP) is 1.25. The molecular weight excluding hydrogens is 280 g/mol. The molecule has 1 aliphatic heterocycles. The minimum absolute atomic E-state index is 0.0717. The molecular formula is C13H20N2O6. The maximum absolute atomic E-state index is 12.4. The van der Waals surface area contributed by atoms with Crippen LogP contribution < -0.4 is 0 Å². The van der Waals surface area contributed by atoms with E-state index in [0.29, 0.717) is 25.3 Å². The highest BCUT2D eigenvalue weighted by molar-refractivity contribution is 5.94. The zero-order valence-electron chi connectivity index (χ0n) is 11.9. The smallest absolute Gasteiger partial charge is 0.417 e. The molecule has 3 amide bonds. The lowest BCUT2D eigenvalue weighted by Crippen LogP contribution is -2.54. The molecule has 118 valence electrons. The van der Waals surface area contributed by atoms with Crippen LogP contribution in [0.4, 0.5) is 9.59 Å². The summed E-state index contributed by atoms with van der Waals surface area (Å²) in [5.41, 5.74) is 0. The molecule has 0 unspecified atom stereocenters. The Hall–Kier alpha value is -2.12. The summed E-state index contributed by atoms with van der Waals surface area (Å²) in [5.74, 6) is -0.0638. The van der Waals surface area contributed by atoms with Gasteiger partial charge in [0.05, 0.1) is 0 Å². The molecule has 0 saturated carbocycles. The lowest BCUT2D eigenvalue weighted by molar-refractivity contribution is -0.137. The van der Waals surface area contributed by atoms with E-state index in [4.69, 9.17) is 10.2 Å². The van der Waals surface area contributed by atoms with Gasteiger partial charge in [0.25, 0.3) is 0 Å². The first kappa shape index (κ1) is 16.9. The summed E-state index contributed by atoms with van der Waals surface area (Å²) in [6, 6.07) is -1.36. The molecule has 0 aliphatic carbocycles. The first-order chi connectivity index (χ1) is 9.88. The standard InChI is InChI=1S/C13H20N2O6/c1-9-4-6-14(7-5-9)11(17)10(3-2-8-16)15(12(18)19)13(20)21/h8-10H,2-7H2,1H3,(H,18,19)(H,20,21)/t10-/m0/s1. The molecule has 0 spiro atoms. The molecule has 1 rings (SSSR count). The number of carbonyl (C=O) groups is 4. The van der Waals surface area contributed by atoms with E-state index < -0.39 is 24.1 Å². The van der Waals surface area contributed by atoms with Crippen LogP contribution in [0.1, 0.15) is 32.6 Å². The highest BCUT2D eigenvalue weighted by Crippen LogP contribution is 2.19. The number of carboxylic acid groups (broad SMARTS) is 2. The number of likely N-dealkylation sites (tertiary alicyclic amines) is 1. The Morgan fingerprint density at radius 1 is 1.24 bits per heavy atom. The normalized spacial score (nSPS) is 17.1. The number of hydrogen-bond donors (Lipinski definition) is 2. The van der Waals surface area contributed by atoms with Crippen molar-refractivity contribution < 1.29 is 29.4 Å². The zero-order chi connectivity index (χ0) is 16.0. The Balaban J connectivity index is 2.89. The summed E-state index contributed by atoms with van der Waals surface area (Å²) in [5, 5.41) is 18.0. The second kappa shape index (κ2) is 7.61. The molecule has 1 fully saturated rings. The molecule has 1 aliphatic rings. The van der Waals surface area contributed by atoms with E-state index in [0.717, 1.165) is 12.8 Å². The van der Waals surface area contributed by atoms with E-state index in [2.05, 4.69) is 6.92 Å². The van der Waals surface area contributed by atoms with Crippen molar-refractivity contribution in [2.45, 2.75) is 38.6 Å². The van der Waals surface area contributed by atoms with Crippen molar-refractivity contribution >= 4 is 24.4 Å². The molecule has 21 heavy (non-hydrogen) atoms. The topological polar surface area (TPSA) is 115 Å². The number of amides is 3. The predicted molar refractivity (Wildman–Crippen MR) is 72.0 cm³/mol. The fourth-order valence-corrected chi connectivity index (χ4v) is 2.38. The third-order valence-electron chi connectivity index (χ3n) is 3.66. The maximum Gasteiger partial charge on any atom is 0.417 e. The number of imide groups is 1. The van der Waals surface area contributed by atoms with Crippen LogP contribution in [0.5, 0.6) is 0 Å². The van der Waals surface area contributed by atoms with Gasteiger partial charge in [0.2, 0.25) is 5.91 Å². The molecule has 8 nitrogen and oxygen atoms in total. The van der Waals surface area contributed by atoms with Crippen molar-refractivity contribution in [2.24, 2.45) is 5.92 Å². The molecule has 0 radical (unpaired) electrons. The van der Waals surface area contributed by atoms with Crippen LogP contribution in [0, 0.1) is 5.92 Å². The van der Waals surface area contributed by atoms with Crippen LogP contribution >= 0.6 is 0 Å². The highest BCUT2D eigenvalue weighted by Gasteiger charge is 2.37.